The molecule has 0 fully saturated rings. The molecule has 2 rings (SSSR count). The number of pyridine rings is 1. The highest BCUT2D eigenvalue weighted by Gasteiger charge is 2.20. The van der Waals surface area contributed by atoms with Crippen molar-refractivity contribution < 1.29 is 9.53 Å². The van der Waals surface area contributed by atoms with E-state index in [1.807, 2.05) is 25.1 Å². The molecule has 0 aliphatic rings. The van der Waals surface area contributed by atoms with Crippen molar-refractivity contribution in [2.45, 2.75) is 20.8 Å². The smallest absolute Gasteiger partial charge is 0.360 e. The van der Waals surface area contributed by atoms with Crippen molar-refractivity contribution in [2.75, 3.05) is 12.3 Å². The Morgan fingerprint density at radius 1 is 1.37 bits per heavy atom. The zero-order chi connectivity index (χ0) is 14.0. The van der Waals surface area contributed by atoms with Gasteiger partial charge in [0.05, 0.1) is 6.61 Å². The monoisotopic (exact) mass is 260 g/mol. The molecule has 0 saturated heterocycles. The first-order chi connectivity index (χ1) is 9.04. The molecule has 0 unspecified atom stereocenters. The van der Waals surface area contributed by atoms with Crippen LogP contribution in [0.15, 0.2) is 18.2 Å². The van der Waals surface area contributed by atoms with Crippen LogP contribution in [0.5, 0.6) is 0 Å². The number of hydrogen-bond acceptors (Lipinski definition) is 5. The molecule has 0 aliphatic carbocycles. The molecule has 6 heteroatoms. The third-order valence-corrected chi connectivity index (χ3v) is 2.65. The lowest BCUT2D eigenvalue weighted by molar-refractivity contribution is 0.0521. The zero-order valence-electron chi connectivity index (χ0n) is 11.2. The van der Waals surface area contributed by atoms with Crippen LogP contribution in [0.3, 0.4) is 0 Å². The number of imidazole rings is 1. The summed E-state index contributed by atoms with van der Waals surface area (Å²) in [6.07, 6.45) is 0. The SMILES string of the molecule is CCOC(=O)c1nc(C)n(-c2cccc(C)n2)c1N. The van der Waals surface area contributed by atoms with Gasteiger partial charge in [0.15, 0.2) is 5.69 Å². The number of aromatic nitrogens is 3. The fourth-order valence-electron chi connectivity index (χ4n) is 1.84. The Morgan fingerprint density at radius 3 is 2.74 bits per heavy atom. The number of rotatable bonds is 3. The van der Waals surface area contributed by atoms with E-state index in [0.29, 0.717) is 11.6 Å². The van der Waals surface area contributed by atoms with Crippen LogP contribution in [-0.4, -0.2) is 27.1 Å². The summed E-state index contributed by atoms with van der Waals surface area (Å²) in [7, 11) is 0. The summed E-state index contributed by atoms with van der Waals surface area (Å²) in [6, 6.07) is 5.58. The maximum atomic E-state index is 11.7. The Hall–Kier alpha value is -2.37. The first-order valence-corrected chi connectivity index (χ1v) is 6.00. The number of aryl methyl sites for hydroxylation is 2. The van der Waals surface area contributed by atoms with Gasteiger partial charge in [-0.15, -0.1) is 0 Å². The fourth-order valence-corrected chi connectivity index (χ4v) is 1.84. The van der Waals surface area contributed by atoms with Gasteiger partial charge in [-0.1, -0.05) is 6.07 Å². The van der Waals surface area contributed by atoms with E-state index in [0.717, 1.165) is 5.69 Å². The Morgan fingerprint density at radius 2 is 2.11 bits per heavy atom. The molecular weight excluding hydrogens is 244 g/mol. The maximum Gasteiger partial charge on any atom is 0.360 e. The first-order valence-electron chi connectivity index (χ1n) is 6.00. The highest BCUT2D eigenvalue weighted by Crippen LogP contribution is 2.20. The number of esters is 1. The van der Waals surface area contributed by atoms with Gasteiger partial charge in [0.25, 0.3) is 0 Å². The van der Waals surface area contributed by atoms with E-state index in [9.17, 15) is 4.79 Å². The number of anilines is 1. The molecule has 6 nitrogen and oxygen atoms in total. The number of nitrogen functional groups attached to an aromatic ring is 1. The molecule has 0 spiro atoms. The van der Waals surface area contributed by atoms with Crippen LogP contribution in [0, 0.1) is 13.8 Å². The highest BCUT2D eigenvalue weighted by atomic mass is 16.5. The van der Waals surface area contributed by atoms with Gasteiger partial charge in [-0.25, -0.2) is 14.8 Å². The topological polar surface area (TPSA) is 83.0 Å². The van der Waals surface area contributed by atoms with Crippen LogP contribution in [0.25, 0.3) is 5.82 Å². The van der Waals surface area contributed by atoms with Crippen molar-refractivity contribution in [1.82, 2.24) is 14.5 Å². The van der Waals surface area contributed by atoms with Crippen molar-refractivity contribution in [3.8, 4) is 5.82 Å². The second kappa shape index (κ2) is 5.09. The lowest BCUT2D eigenvalue weighted by atomic mass is 10.3. The Labute approximate surface area is 111 Å². The minimum Gasteiger partial charge on any atom is -0.461 e. The van der Waals surface area contributed by atoms with Crippen molar-refractivity contribution in [1.29, 1.82) is 0 Å². The number of ether oxygens (including phenoxy) is 1. The predicted octanol–water partition coefficient (Wildman–Crippen LogP) is 1.64. The summed E-state index contributed by atoms with van der Waals surface area (Å²) in [4.78, 5) is 20.3. The van der Waals surface area contributed by atoms with E-state index in [2.05, 4.69) is 9.97 Å². The Bertz CT molecular complexity index is 619. The summed E-state index contributed by atoms with van der Waals surface area (Å²) >= 11 is 0. The number of carbonyl (C=O) groups is 1. The number of hydrogen-bond donors (Lipinski definition) is 1. The fraction of sp³-hybridized carbons (Fsp3) is 0.308. The van der Waals surface area contributed by atoms with Crippen molar-refractivity contribution in [2.24, 2.45) is 0 Å². The quantitative estimate of drug-likeness (QED) is 0.848. The summed E-state index contributed by atoms with van der Waals surface area (Å²) in [5.41, 5.74) is 6.97. The minimum atomic E-state index is -0.519. The zero-order valence-corrected chi connectivity index (χ0v) is 11.2. The summed E-state index contributed by atoms with van der Waals surface area (Å²) in [5, 5.41) is 0. The molecule has 100 valence electrons. The average molecular weight is 260 g/mol. The van der Waals surface area contributed by atoms with Crippen molar-refractivity contribution >= 4 is 11.8 Å². The van der Waals surface area contributed by atoms with Crippen LogP contribution < -0.4 is 5.73 Å². The molecule has 0 amide bonds. The van der Waals surface area contributed by atoms with Gasteiger partial charge >= 0.3 is 5.97 Å². The second-order valence-electron chi connectivity index (χ2n) is 4.09. The van der Waals surface area contributed by atoms with Gasteiger partial charge < -0.3 is 10.5 Å². The predicted molar refractivity (Wildman–Crippen MR) is 71.2 cm³/mol. The third-order valence-electron chi connectivity index (χ3n) is 2.65. The minimum absolute atomic E-state index is 0.127. The van der Waals surface area contributed by atoms with Crippen molar-refractivity contribution in [3.05, 3.63) is 35.4 Å². The molecule has 0 saturated carbocycles. The van der Waals surface area contributed by atoms with Gasteiger partial charge in [0.1, 0.15) is 17.5 Å². The molecule has 2 heterocycles. The molecule has 0 aliphatic heterocycles. The van der Waals surface area contributed by atoms with E-state index < -0.39 is 5.97 Å². The highest BCUT2D eigenvalue weighted by molar-refractivity contribution is 5.92. The maximum absolute atomic E-state index is 11.7. The lowest BCUT2D eigenvalue weighted by Crippen LogP contribution is -2.10. The molecule has 2 aromatic rings. The molecule has 0 aromatic carbocycles. The van der Waals surface area contributed by atoms with Gasteiger partial charge in [-0.05, 0) is 32.9 Å². The van der Waals surface area contributed by atoms with E-state index in [1.165, 1.54) is 0 Å². The van der Waals surface area contributed by atoms with E-state index in [-0.39, 0.29) is 18.1 Å². The van der Waals surface area contributed by atoms with Crippen LogP contribution in [0.1, 0.15) is 28.9 Å². The van der Waals surface area contributed by atoms with Crippen LogP contribution in [0.4, 0.5) is 5.82 Å². The third kappa shape index (κ3) is 2.42. The molecular formula is C13H16N4O2. The molecule has 0 bridgehead atoms. The first kappa shape index (κ1) is 13.1. The molecule has 2 aromatic heterocycles. The van der Waals surface area contributed by atoms with Crippen LogP contribution in [-0.2, 0) is 4.74 Å². The second-order valence-corrected chi connectivity index (χ2v) is 4.09. The summed E-state index contributed by atoms with van der Waals surface area (Å²) in [5.74, 6) is 0.959. The van der Waals surface area contributed by atoms with Gasteiger partial charge in [0.2, 0.25) is 0 Å². The molecule has 2 N–H and O–H groups in total. The van der Waals surface area contributed by atoms with Crippen molar-refractivity contribution in [3.63, 3.8) is 0 Å². The number of carbonyl (C=O) groups excluding carboxylic acids is 1. The average Bonchev–Trinajstić information content (AvgIpc) is 2.65. The largest absolute Gasteiger partial charge is 0.461 e. The van der Waals surface area contributed by atoms with Gasteiger partial charge in [0, 0.05) is 5.69 Å². The number of nitrogens with two attached hydrogens (primary N) is 1. The molecule has 0 atom stereocenters. The standard InChI is InChI=1S/C13H16N4O2/c1-4-19-13(18)11-12(14)17(9(3)16-11)10-7-5-6-8(2)15-10/h5-7H,4,14H2,1-3H3. The number of nitrogens with zero attached hydrogens (tertiary/aromatic N) is 3. The molecule has 19 heavy (non-hydrogen) atoms. The Kier molecular flexibility index (Phi) is 3.50. The molecule has 0 radical (unpaired) electrons. The van der Waals surface area contributed by atoms with Crippen LogP contribution in [0.2, 0.25) is 0 Å². The Balaban J connectivity index is 2.51. The van der Waals surface area contributed by atoms with Gasteiger partial charge in [-0.3, -0.25) is 4.57 Å². The normalized spacial score (nSPS) is 10.5. The van der Waals surface area contributed by atoms with E-state index >= 15 is 0 Å². The summed E-state index contributed by atoms with van der Waals surface area (Å²) < 4.78 is 6.56. The van der Waals surface area contributed by atoms with E-state index in [4.69, 9.17) is 10.5 Å². The van der Waals surface area contributed by atoms with Gasteiger partial charge in [-0.2, -0.15) is 0 Å². The lowest BCUT2D eigenvalue weighted by Gasteiger charge is -2.07. The summed E-state index contributed by atoms with van der Waals surface area (Å²) in [6.45, 7) is 5.67. The van der Waals surface area contributed by atoms with Crippen LogP contribution >= 0.6 is 0 Å². The van der Waals surface area contributed by atoms with E-state index in [1.54, 1.807) is 18.4 Å².